The molecular formula is C26H23Cl2F3N4O2. The number of halogens is 5. The molecule has 2 aliphatic rings. The summed E-state index contributed by atoms with van der Waals surface area (Å²) < 4.78 is 51.8. The molecule has 1 fully saturated rings. The Hall–Kier alpha value is -3.04. The van der Waals surface area contributed by atoms with Crippen LogP contribution in [0.4, 0.5) is 13.2 Å². The fourth-order valence-electron chi connectivity index (χ4n) is 4.16. The minimum Gasteiger partial charge on any atom is -0.500 e. The van der Waals surface area contributed by atoms with Crippen molar-refractivity contribution in [1.82, 2.24) is 19.5 Å². The first-order chi connectivity index (χ1) is 17.7. The Morgan fingerprint density at radius 1 is 1.08 bits per heavy atom. The summed E-state index contributed by atoms with van der Waals surface area (Å²) in [5.41, 5.74) is 1.09. The van der Waals surface area contributed by atoms with Gasteiger partial charge in [0.1, 0.15) is 34.3 Å². The first-order valence-electron chi connectivity index (χ1n) is 11.7. The Kier molecular flexibility index (Phi) is 7.18. The molecule has 0 spiro atoms. The number of alkyl halides is 3. The Morgan fingerprint density at radius 3 is 2.51 bits per heavy atom. The van der Waals surface area contributed by atoms with Gasteiger partial charge in [-0.05, 0) is 55.5 Å². The number of hydrogen-bond acceptors (Lipinski definition) is 5. The molecule has 6 nitrogen and oxygen atoms in total. The Labute approximate surface area is 221 Å². The van der Waals surface area contributed by atoms with Crippen LogP contribution in [0.15, 0.2) is 60.3 Å². The van der Waals surface area contributed by atoms with E-state index in [2.05, 4.69) is 9.97 Å². The molecule has 194 valence electrons. The first kappa shape index (κ1) is 25.6. The quantitative estimate of drug-likeness (QED) is 0.277. The van der Waals surface area contributed by atoms with Gasteiger partial charge < -0.3 is 14.0 Å². The van der Waals surface area contributed by atoms with Gasteiger partial charge in [0.05, 0.1) is 30.0 Å². The van der Waals surface area contributed by atoms with Gasteiger partial charge in [-0.25, -0.2) is 9.97 Å². The van der Waals surface area contributed by atoms with E-state index in [1.54, 1.807) is 25.4 Å². The molecule has 0 radical (unpaired) electrons. The van der Waals surface area contributed by atoms with Crippen LogP contribution in [0.25, 0.3) is 11.4 Å². The number of aromatic nitrogens is 4. The van der Waals surface area contributed by atoms with Crippen LogP contribution in [-0.2, 0) is 28.8 Å². The largest absolute Gasteiger partial charge is 0.500 e. The lowest BCUT2D eigenvalue weighted by Gasteiger charge is -2.22. The van der Waals surface area contributed by atoms with Gasteiger partial charge in [-0.2, -0.15) is 13.2 Å². The van der Waals surface area contributed by atoms with Crippen LogP contribution in [0.1, 0.15) is 42.1 Å². The third-order valence-electron chi connectivity index (χ3n) is 6.34. The van der Waals surface area contributed by atoms with Gasteiger partial charge in [-0.15, -0.1) is 0 Å². The second-order valence-corrected chi connectivity index (χ2v) is 9.75. The number of allylic oxidation sites excluding steroid dienone is 3. The van der Waals surface area contributed by atoms with Crippen LogP contribution in [-0.4, -0.2) is 26.6 Å². The van der Waals surface area contributed by atoms with Crippen LogP contribution in [0.3, 0.4) is 0 Å². The number of hydrogen-bond donors (Lipinski definition) is 0. The van der Waals surface area contributed by atoms with Crippen molar-refractivity contribution < 1.29 is 22.6 Å². The minimum absolute atomic E-state index is 0.0205. The van der Waals surface area contributed by atoms with Crippen LogP contribution in [0, 0.1) is 5.92 Å². The molecule has 5 rings (SSSR count). The number of rotatable bonds is 8. The molecule has 3 aromatic heterocycles. The summed E-state index contributed by atoms with van der Waals surface area (Å²) in [6.45, 7) is 0.791. The second kappa shape index (κ2) is 10.4. The summed E-state index contributed by atoms with van der Waals surface area (Å²) in [6, 6.07) is 5.88. The number of methoxy groups -OCH3 is 1. The maximum atomic E-state index is 12.8. The standard InChI is InChI=1S/C26H23Cl2F3N4O2/c1-36-21-10-19(37-14-18-6-5-17(12-32-18)26(29,30)31)7-8-20(21)23-24(28)35(13-15-2-3-15)25(34-23)16-4-9-22(27)33-11-16/h4-7,9-12,15,20H,2-3,8,13-14H2,1H3. The van der Waals surface area contributed by atoms with Crippen molar-refractivity contribution in [3.63, 3.8) is 0 Å². The summed E-state index contributed by atoms with van der Waals surface area (Å²) in [4.78, 5) is 13.0. The predicted octanol–water partition coefficient (Wildman–Crippen LogP) is 7.19. The van der Waals surface area contributed by atoms with Crippen molar-refractivity contribution >= 4 is 23.2 Å². The number of nitrogens with zero attached hydrogens (tertiary/aromatic N) is 4. The van der Waals surface area contributed by atoms with Gasteiger partial charge >= 0.3 is 6.18 Å². The van der Waals surface area contributed by atoms with E-state index < -0.39 is 11.7 Å². The maximum absolute atomic E-state index is 12.8. The molecule has 0 bridgehead atoms. The molecule has 1 unspecified atom stereocenters. The predicted molar refractivity (Wildman–Crippen MR) is 133 cm³/mol. The minimum atomic E-state index is -4.43. The van der Waals surface area contributed by atoms with E-state index in [1.165, 1.54) is 6.07 Å². The van der Waals surface area contributed by atoms with E-state index in [0.717, 1.165) is 43.0 Å². The average Bonchev–Trinajstić information content (AvgIpc) is 3.66. The highest BCUT2D eigenvalue weighted by Crippen LogP contribution is 2.41. The molecule has 3 heterocycles. The molecule has 0 N–H and O–H groups in total. The van der Waals surface area contributed by atoms with E-state index >= 15 is 0 Å². The molecule has 3 aromatic rings. The molecule has 37 heavy (non-hydrogen) atoms. The highest BCUT2D eigenvalue weighted by atomic mass is 35.5. The fraction of sp³-hybridized carbons (Fsp3) is 0.346. The van der Waals surface area contributed by atoms with Gasteiger partial charge in [0.2, 0.25) is 0 Å². The molecular weight excluding hydrogens is 528 g/mol. The summed E-state index contributed by atoms with van der Waals surface area (Å²) in [5, 5.41) is 0.952. The molecule has 1 atom stereocenters. The van der Waals surface area contributed by atoms with Gasteiger partial charge in [-0.1, -0.05) is 23.2 Å². The van der Waals surface area contributed by atoms with Crippen molar-refractivity contribution in [1.29, 1.82) is 0 Å². The highest BCUT2D eigenvalue weighted by molar-refractivity contribution is 6.30. The van der Waals surface area contributed by atoms with E-state index in [4.69, 9.17) is 37.7 Å². The van der Waals surface area contributed by atoms with Crippen molar-refractivity contribution in [2.24, 2.45) is 5.92 Å². The van der Waals surface area contributed by atoms with Crippen molar-refractivity contribution in [3.05, 3.63) is 87.6 Å². The Bertz CT molecular complexity index is 1330. The van der Waals surface area contributed by atoms with E-state index in [0.29, 0.717) is 45.6 Å². The zero-order chi connectivity index (χ0) is 26.2. The highest BCUT2D eigenvalue weighted by Gasteiger charge is 2.32. The second-order valence-electron chi connectivity index (χ2n) is 9.01. The van der Waals surface area contributed by atoms with Gasteiger partial charge in [0.25, 0.3) is 0 Å². The summed E-state index contributed by atoms with van der Waals surface area (Å²) in [5.74, 6) is 2.22. The zero-order valence-corrected chi connectivity index (χ0v) is 21.3. The lowest BCUT2D eigenvalue weighted by Crippen LogP contribution is -2.11. The summed E-state index contributed by atoms with van der Waals surface area (Å²) in [6.07, 6.45) is 4.53. The smallest absolute Gasteiger partial charge is 0.417 e. The number of pyridine rings is 2. The maximum Gasteiger partial charge on any atom is 0.417 e. The van der Waals surface area contributed by atoms with Gasteiger partial charge in [0, 0.05) is 30.6 Å². The normalized spacial score (nSPS) is 17.8. The molecule has 0 amide bonds. The third kappa shape index (κ3) is 5.78. The molecule has 0 aliphatic heterocycles. The van der Waals surface area contributed by atoms with Crippen molar-refractivity contribution in [2.75, 3.05) is 7.11 Å². The lowest BCUT2D eigenvalue weighted by atomic mass is 9.94. The Morgan fingerprint density at radius 2 is 1.89 bits per heavy atom. The van der Waals surface area contributed by atoms with Crippen LogP contribution in [0.2, 0.25) is 10.3 Å². The lowest BCUT2D eigenvalue weighted by molar-refractivity contribution is -0.137. The van der Waals surface area contributed by atoms with E-state index in [1.807, 2.05) is 16.7 Å². The zero-order valence-electron chi connectivity index (χ0n) is 19.8. The third-order valence-corrected chi connectivity index (χ3v) is 6.96. The van der Waals surface area contributed by atoms with Gasteiger partial charge in [-0.3, -0.25) is 4.98 Å². The summed E-state index contributed by atoms with van der Waals surface area (Å²) in [7, 11) is 1.57. The van der Waals surface area contributed by atoms with Crippen LogP contribution < -0.4 is 0 Å². The average molecular weight is 551 g/mol. The molecule has 11 heteroatoms. The molecule has 1 saturated carbocycles. The van der Waals surface area contributed by atoms with E-state index in [9.17, 15) is 13.2 Å². The van der Waals surface area contributed by atoms with Crippen LogP contribution >= 0.6 is 23.2 Å². The number of ether oxygens (including phenoxy) is 2. The van der Waals surface area contributed by atoms with Gasteiger partial charge in [0.15, 0.2) is 0 Å². The Balaban J connectivity index is 1.35. The molecule has 0 aromatic carbocycles. The van der Waals surface area contributed by atoms with E-state index in [-0.39, 0.29) is 12.5 Å². The van der Waals surface area contributed by atoms with Crippen LogP contribution in [0.5, 0.6) is 0 Å². The van der Waals surface area contributed by atoms with Crippen molar-refractivity contribution in [2.45, 2.75) is 44.5 Å². The topological polar surface area (TPSA) is 62.1 Å². The van der Waals surface area contributed by atoms with Crippen molar-refractivity contribution in [3.8, 4) is 11.4 Å². The fourth-order valence-corrected chi connectivity index (χ4v) is 4.59. The monoisotopic (exact) mass is 550 g/mol. The summed E-state index contributed by atoms with van der Waals surface area (Å²) >= 11 is 12.9. The first-order valence-corrected chi connectivity index (χ1v) is 12.5. The molecule has 2 aliphatic carbocycles. The molecule has 0 saturated heterocycles. The SMILES string of the molecule is COC1=CC(OCc2ccc(C(F)(F)F)cn2)=CCC1c1nc(-c2ccc(Cl)nc2)n(CC2CC2)c1Cl. The number of imidazole rings is 1.